The highest BCUT2D eigenvalue weighted by atomic mass is 32.1. The molecule has 138 valence electrons. The predicted molar refractivity (Wildman–Crippen MR) is 99.4 cm³/mol. The van der Waals surface area contributed by atoms with Gasteiger partial charge in [-0.2, -0.15) is 0 Å². The van der Waals surface area contributed by atoms with Gasteiger partial charge in [0.1, 0.15) is 5.82 Å². The molecule has 1 heterocycles. The molecule has 0 atom stereocenters. The Morgan fingerprint density at radius 2 is 2.00 bits per heavy atom. The fourth-order valence-corrected chi connectivity index (χ4v) is 4.51. The van der Waals surface area contributed by atoms with Crippen LogP contribution in [-0.2, 0) is 6.54 Å². The largest absolute Gasteiger partial charge is 0.478 e. The average molecular weight is 376 g/mol. The number of urea groups is 1. The van der Waals surface area contributed by atoms with Gasteiger partial charge in [-0.1, -0.05) is 31.4 Å². The van der Waals surface area contributed by atoms with Crippen molar-refractivity contribution < 1.29 is 19.1 Å². The molecule has 1 aromatic carbocycles. The number of carboxylic acid groups (broad SMARTS) is 1. The Kier molecular flexibility index (Phi) is 5.88. The van der Waals surface area contributed by atoms with E-state index in [1.165, 1.54) is 29.9 Å². The summed E-state index contributed by atoms with van der Waals surface area (Å²) in [7, 11) is 0. The summed E-state index contributed by atoms with van der Waals surface area (Å²) >= 11 is 1.40. The molecule has 3 N–H and O–H groups in total. The van der Waals surface area contributed by atoms with Crippen LogP contribution in [0.25, 0.3) is 0 Å². The first-order valence-corrected chi connectivity index (χ1v) is 9.56. The Morgan fingerprint density at radius 1 is 1.23 bits per heavy atom. The van der Waals surface area contributed by atoms with Gasteiger partial charge in [0.2, 0.25) is 0 Å². The predicted octanol–water partition coefficient (Wildman–Crippen LogP) is 4.95. The van der Waals surface area contributed by atoms with Crippen LogP contribution in [0.3, 0.4) is 0 Å². The number of carbonyl (C=O) groups excluding carboxylic acids is 1. The maximum atomic E-state index is 13.2. The topological polar surface area (TPSA) is 78.4 Å². The second-order valence-corrected chi connectivity index (χ2v) is 7.38. The maximum Gasteiger partial charge on any atom is 0.338 e. The lowest BCUT2D eigenvalue weighted by Gasteiger charge is -2.21. The molecule has 0 unspecified atom stereocenters. The van der Waals surface area contributed by atoms with E-state index < -0.39 is 12.0 Å². The first kappa shape index (κ1) is 18.4. The van der Waals surface area contributed by atoms with Crippen LogP contribution in [-0.4, -0.2) is 17.1 Å². The summed E-state index contributed by atoms with van der Waals surface area (Å²) in [4.78, 5) is 24.7. The number of thiophene rings is 1. The fourth-order valence-electron chi connectivity index (χ4n) is 3.35. The van der Waals surface area contributed by atoms with E-state index in [2.05, 4.69) is 10.6 Å². The lowest BCUT2D eigenvalue weighted by atomic mass is 9.86. The number of anilines is 1. The summed E-state index contributed by atoms with van der Waals surface area (Å²) in [6, 6.07) is 5.44. The molecule has 3 rings (SSSR count). The van der Waals surface area contributed by atoms with Gasteiger partial charge in [0.15, 0.2) is 0 Å². The van der Waals surface area contributed by atoms with Gasteiger partial charge in [0.25, 0.3) is 0 Å². The monoisotopic (exact) mass is 376 g/mol. The minimum atomic E-state index is -1.02. The number of hydrogen-bond donors (Lipinski definition) is 3. The summed E-state index contributed by atoms with van der Waals surface area (Å²) < 4.78 is 13.2. The van der Waals surface area contributed by atoms with E-state index in [1.807, 2.05) is 0 Å². The molecular formula is C19H21FN2O3S. The molecule has 2 aromatic rings. The van der Waals surface area contributed by atoms with Crippen molar-refractivity contribution in [3.63, 3.8) is 0 Å². The number of nitrogens with one attached hydrogen (secondary N) is 2. The number of carboxylic acids is 1. The third kappa shape index (κ3) is 4.40. The van der Waals surface area contributed by atoms with Gasteiger partial charge < -0.3 is 15.7 Å². The van der Waals surface area contributed by atoms with E-state index in [0.717, 1.165) is 30.6 Å². The number of carbonyl (C=O) groups is 2. The molecule has 2 amide bonds. The highest BCUT2D eigenvalue weighted by Gasteiger charge is 2.26. The molecule has 1 saturated carbocycles. The van der Waals surface area contributed by atoms with E-state index in [4.69, 9.17) is 0 Å². The van der Waals surface area contributed by atoms with Crippen LogP contribution in [0.4, 0.5) is 14.9 Å². The van der Waals surface area contributed by atoms with Gasteiger partial charge in [-0.15, -0.1) is 11.3 Å². The molecule has 1 aliphatic carbocycles. The van der Waals surface area contributed by atoms with Crippen LogP contribution in [0.5, 0.6) is 0 Å². The lowest BCUT2D eigenvalue weighted by Crippen LogP contribution is -2.28. The minimum absolute atomic E-state index is 0.158. The molecule has 1 fully saturated rings. The molecule has 0 saturated heterocycles. The molecule has 1 aromatic heterocycles. The van der Waals surface area contributed by atoms with E-state index in [-0.39, 0.29) is 23.8 Å². The second-order valence-electron chi connectivity index (χ2n) is 6.47. The Hall–Kier alpha value is -2.41. The molecule has 0 spiro atoms. The summed E-state index contributed by atoms with van der Waals surface area (Å²) in [5.74, 6) is -1.13. The lowest BCUT2D eigenvalue weighted by molar-refractivity contribution is 0.0696. The molecule has 7 heteroatoms. The Balaban J connectivity index is 1.67. The van der Waals surface area contributed by atoms with Gasteiger partial charge in [0.05, 0.1) is 11.3 Å². The smallest absolute Gasteiger partial charge is 0.338 e. The van der Waals surface area contributed by atoms with Crippen molar-refractivity contribution in [3.05, 3.63) is 51.5 Å². The number of hydrogen-bond acceptors (Lipinski definition) is 3. The van der Waals surface area contributed by atoms with Crippen molar-refractivity contribution >= 4 is 29.0 Å². The summed E-state index contributed by atoms with van der Waals surface area (Å²) in [6.45, 7) is 0.158. The fraction of sp³-hybridized carbons (Fsp3) is 0.368. The zero-order valence-electron chi connectivity index (χ0n) is 14.3. The van der Waals surface area contributed by atoms with Gasteiger partial charge >= 0.3 is 12.0 Å². The third-order valence-corrected chi connectivity index (χ3v) is 5.74. The Morgan fingerprint density at radius 3 is 2.69 bits per heavy atom. The van der Waals surface area contributed by atoms with Crippen molar-refractivity contribution in [1.82, 2.24) is 5.32 Å². The normalized spacial score (nSPS) is 14.8. The highest BCUT2D eigenvalue weighted by molar-refractivity contribution is 7.11. The standard InChI is InChI=1S/C19H21FN2O3S/c20-14-8-4-5-12(9-14)10-21-19(25)22-15-11-26-17(16(15)18(23)24)13-6-2-1-3-7-13/h4-5,8-9,11,13H,1-3,6-7,10H2,(H,23,24)(H2,21,22,25). The zero-order valence-corrected chi connectivity index (χ0v) is 15.1. The number of benzene rings is 1. The van der Waals surface area contributed by atoms with Crippen LogP contribution >= 0.6 is 11.3 Å². The Bertz CT molecular complexity index is 800. The van der Waals surface area contributed by atoms with E-state index in [9.17, 15) is 19.1 Å². The van der Waals surface area contributed by atoms with E-state index >= 15 is 0 Å². The molecule has 26 heavy (non-hydrogen) atoms. The molecule has 1 aliphatic rings. The zero-order chi connectivity index (χ0) is 18.5. The van der Waals surface area contributed by atoms with Crippen molar-refractivity contribution in [2.24, 2.45) is 0 Å². The number of rotatable bonds is 5. The molecule has 0 radical (unpaired) electrons. The van der Waals surface area contributed by atoms with Crippen molar-refractivity contribution in [2.75, 3.05) is 5.32 Å². The highest BCUT2D eigenvalue weighted by Crippen LogP contribution is 2.40. The van der Waals surface area contributed by atoms with Gasteiger partial charge in [-0.25, -0.2) is 14.0 Å². The average Bonchev–Trinajstić information content (AvgIpc) is 3.04. The number of halogens is 1. The molecule has 5 nitrogen and oxygen atoms in total. The van der Waals surface area contributed by atoms with Gasteiger partial charge in [0, 0.05) is 16.8 Å². The first-order chi connectivity index (χ1) is 12.5. The van der Waals surface area contributed by atoms with Gasteiger partial charge in [-0.05, 0) is 36.5 Å². The summed E-state index contributed by atoms with van der Waals surface area (Å²) in [5, 5.41) is 16.5. The van der Waals surface area contributed by atoms with Crippen LogP contribution in [0.15, 0.2) is 29.6 Å². The molecule has 0 aliphatic heterocycles. The molecule has 0 bridgehead atoms. The van der Waals surface area contributed by atoms with Crippen LogP contribution < -0.4 is 10.6 Å². The molecular weight excluding hydrogens is 355 g/mol. The second kappa shape index (κ2) is 8.31. The maximum absolute atomic E-state index is 13.2. The van der Waals surface area contributed by atoms with Crippen LogP contribution in [0.2, 0.25) is 0 Å². The summed E-state index contributed by atoms with van der Waals surface area (Å²) in [6.07, 6.45) is 5.40. The number of aromatic carboxylic acids is 1. The number of amides is 2. The van der Waals surface area contributed by atoms with Crippen LogP contribution in [0, 0.1) is 5.82 Å². The summed E-state index contributed by atoms with van der Waals surface area (Å²) in [5.41, 5.74) is 1.15. The van der Waals surface area contributed by atoms with Crippen LogP contribution in [0.1, 0.15) is 58.8 Å². The SMILES string of the molecule is O=C(NCc1cccc(F)c1)Nc1csc(C2CCCCC2)c1C(=O)O. The third-order valence-electron chi connectivity index (χ3n) is 4.60. The minimum Gasteiger partial charge on any atom is -0.478 e. The Labute approximate surface area is 155 Å². The first-order valence-electron chi connectivity index (χ1n) is 8.68. The van der Waals surface area contributed by atoms with Crippen molar-refractivity contribution in [1.29, 1.82) is 0 Å². The van der Waals surface area contributed by atoms with Crippen molar-refractivity contribution in [2.45, 2.75) is 44.6 Å². The van der Waals surface area contributed by atoms with E-state index in [0.29, 0.717) is 11.3 Å². The van der Waals surface area contributed by atoms with E-state index in [1.54, 1.807) is 17.5 Å². The van der Waals surface area contributed by atoms with Gasteiger partial charge in [-0.3, -0.25) is 0 Å². The van der Waals surface area contributed by atoms with Crippen molar-refractivity contribution in [3.8, 4) is 0 Å². The quantitative estimate of drug-likeness (QED) is 0.690.